The quantitative estimate of drug-likeness (QED) is 0.673. The topological polar surface area (TPSA) is 12.5 Å². The number of fused-ring (bicyclic) bond motifs is 1. The maximum Gasteiger partial charge on any atom is 0.0598 e. The number of ether oxygens (including phenoxy) is 1. The predicted octanol–water partition coefficient (Wildman–Crippen LogP) is 2.29. The Morgan fingerprint density at radius 3 is 2.71 bits per heavy atom. The molecule has 0 aromatic rings. The molecule has 82 valence electrons. The van der Waals surface area contributed by atoms with Gasteiger partial charge in [-0.25, -0.2) is 0 Å². The molecular weight excluding hydrogens is 174 g/mol. The Morgan fingerprint density at radius 2 is 2.00 bits per heavy atom. The Balaban J connectivity index is 1.81. The molecule has 2 fully saturated rings. The molecule has 0 spiro atoms. The summed E-state index contributed by atoms with van der Waals surface area (Å²) >= 11 is 0. The highest BCUT2D eigenvalue weighted by Gasteiger charge is 2.37. The van der Waals surface area contributed by atoms with Crippen molar-refractivity contribution in [3.05, 3.63) is 0 Å². The summed E-state index contributed by atoms with van der Waals surface area (Å²) in [6, 6.07) is 0.845. The van der Waals surface area contributed by atoms with Gasteiger partial charge in [-0.3, -0.25) is 0 Å². The third kappa shape index (κ3) is 2.29. The minimum Gasteiger partial charge on any atom is -0.376 e. The van der Waals surface area contributed by atoms with Gasteiger partial charge in [0.2, 0.25) is 0 Å². The lowest BCUT2D eigenvalue weighted by Gasteiger charge is -2.25. The number of hydrogen-bond acceptors (Lipinski definition) is 2. The van der Waals surface area contributed by atoms with Crippen LogP contribution in [0.3, 0.4) is 0 Å². The summed E-state index contributed by atoms with van der Waals surface area (Å²) in [6.45, 7) is 10.0. The van der Waals surface area contributed by atoms with Crippen molar-refractivity contribution in [1.29, 1.82) is 0 Å². The monoisotopic (exact) mass is 197 g/mol. The summed E-state index contributed by atoms with van der Waals surface area (Å²) in [6.07, 6.45) is 4.15. The van der Waals surface area contributed by atoms with E-state index in [1.54, 1.807) is 0 Å². The predicted molar refractivity (Wildman–Crippen MR) is 58.4 cm³/mol. The van der Waals surface area contributed by atoms with Crippen LogP contribution in [0.4, 0.5) is 0 Å². The lowest BCUT2D eigenvalue weighted by atomic mass is 9.99. The van der Waals surface area contributed by atoms with Gasteiger partial charge in [-0.2, -0.15) is 0 Å². The standard InChI is InChI=1S/C12H23NO/c1-12(2,3)14-9-10-6-8-13-7-4-5-11(10)13/h10-11H,4-9H2,1-3H3. The zero-order valence-corrected chi connectivity index (χ0v) is 9.75. The third-order valence-electron chi connectivity index (χ3n) is 3.48. The lowest BCUT2D eigenvalue weighted by Crippen LogP contribution is -2.31. The molecule has 0 radical (unpaired) electrons. The smallest absolute Gasteiger partial charge is 0.0598 e. The van der Waals surface area contributed by atoms with Crippen LogP contribution in [0.2, 0.25) is 0 Å². The van der Waals surface area contributed by atoms with E-state index in [1.807, 2.05) is 0 Å². The highest BCUT2D eigenvalue weighted by Crippen LogP contribution is 2.33. The first kappa shape index (κ1) is 10.4. The minimum atomic E-state index is 0.0338. The molecule has 2 unspecified atom stereocenters. The number of hydrogen-bond donors (Lipinski definition) is 0. The second-order valence-corrected chi connectivity index (χ2v) is 5.72. The fourth-order valence-electron chi connectivity index (χ4n) is 2.74. The van der Waals surface area contributed by atoms with E-state index < -0.39 is 0 Å². The van der Waals surface area contributed by atoms with E-state index in [2.05, 4.69) is 25.7 Å². The van der Waals surface area contributed by atoms with Crippen LogP contribution in [-0.4, -0.2) is 36.2 Å². The molecule has 0 aliphatic carbocycles. The van der Waals surface area contributed by atoms with E-state index in [0.29, 0.717) is 0 Å². The van der Waals surface area contributed by atoms with E-state index in [4.69, 9.17) is 4.74 Å². The fraction of sp³-hybridized carbons (Fsp3) is 1.00. The molecule has 0 saturated carbocycles. The Bertz CT molecular complexity index is 197. The minimum absolute atomic E-state index is 0.0338. The molecule has 2 aliphatic rings. The molecule has 2 heterocycles. The third-order valence-corrected chi connectivity index (χ3v) is 3.48. The molecule has 2 nitrogen and oxygen atoms in total. The highest BCUT2D eigenvalue weighted by atomic mass is 16.5. The van der Waals surface area contributed by atoms with Gasteiger partial charge in [-0.05, 0) is 59.0 Å². The van der Waals surface area contributed by atoms with Crippen molar-refractivity contribution in [3.63, 3.8) is 0 Å². The van der Waals surface area contributed by atoms with Gasteiger partial charge in [0.05, 0.1) is 12.2 Å². The largest absolute Gasteiger partial charge is 0.376 e. The van der Waals surface area contributed by atoms with Crippen molar-refractivity contribution in [2.75, 3.05) is 19.7 Å². The summed E-state index contributed by atoms with van der Waals surface area (Å²) in [4.78, 5) is 2.65. The van der Waals surface area contributed by atoms with Crippen LogP contribution in [0, 0.1) is 5.92 Å². The normalized spacial score (nSPS) is 33.6. The molecular formula is C12H23NO. The van der Waals surface area contributed by atoms with Gasteiger partial charge in [0.25, 0.3) is 0 Å². The average molecular weight is 197 g/mol. The zero-order valence-electron chi connectivity index (χ0n) is 9.75. The van der Waals surface area contributed by atoms with Crippen LogP contribution >= 0.6 is 0 Å². The van der Waals surface area contributed by atoms with Gasteiger partial charge >= 0.3 is 0 Å². The highest BCUT2D eigenvalue weighted by molar-refractivity contribution is 4.91. The second kappa shape index (κ2) is 3.82. The van der Waals surface area contributed by atoms with Crippen LogP contribution in [-0.2, 0) is 4.74 Å². The number of rotatable bonds is 2. The molecule has 14 heavy (non-hydrogen) atoms. The summed E-state index contributed by atoms with van der Waals surface area (Å²) in [7, 11) is 0. The van der Waals surface area contributed by atoms with Crippen molar-refractivity contribution >= 4 is 0 Å². The Labute approximate surface area is 87.6 Å². The van der Waals surface area contributed by atoms with Crippen molar-refractivity contribution in [1.82, 2.24) is 4.90 Å². The second-order valence-electron chi connectivity index (χ2n) is 5.72. The van der Waals surface area contributed by atoms with Crippen LogP contribution in [0.15, 0.2) is 0 Å². The number of nitrogens with zero attached hydrogens (tertiary/aromatic N) is 1. The Hall–Kier alpha value is -0.0800. The van der Waals surface area contributed by atoms with E-state index >= 15 is 0 Å². The van der Waals surface area contributed by atoms with Crippen molar-refractivity contribution in [2.24, 2.45) is 5.92 Å². The fourth-order valence-corrected chi connectivity index (χ4v) is 2.74. The molecule has 0 N–H and O–H groups in total. The van der Waals surface area contributed by atoms with Gasteiger partial charge in [-0.1, -0.05) is 0 Å². The molecule has 2 heteroatoms. The summed E-state index contributed by atoms with van der Waals surface area (Å²) in [5.74, 6) is 0.803. The van der Waals surface area contributed by atoms with Gasteiger partial charge < -0.3 is 9.64 Å². The van der Waals surface area contributed by atoms with Gasteiger partial charge in [-0.15, -0.1) is 0 Å². The maximum absolute atomic E-state index is 5.89. The SMILES string of the molecule is CC(C)(C)OCC1CCN2CCCC12. The molecule has 2 atom stereocenters. The summed E-state index contributed by atoms with van der Waals surface area (Å²) in [5.41, 5.74) is 0.0338. The van der Waals surface area contributed by atoms with Crippen molar-refractivity contribution in [3.8, 4) is 0 Å². The van der Waals surface area contributed by atoms with Crippen LogP contribution < -0.4 is 0 Å². The molecule has 0 bridgehead atoms. The summed E-state index contributed by atoms with van der Waals surface area (Å²) < 4.78 is 5.89. The van der Waals surface area contributed by atoms with Crippen LogP contribution in [0.5, 0.6) is 0 Å². The first-order valence-electron chi connectivity index (χ1n) is 5.94. The van der Waals surface area contributed by atoms with E-state index in [1.165, 1.54) is 32.4 Å². The molecule has 2 aliphatic heterocycles. The van der Waals surface area contributed by atoms with Crippen molar-refractivity contribution in [2.45, 2.75) is 51.7 Å². The maximum atomic E-state index is 5.89. The molecule has 2 rings (SSSR count). The van der Waals surface area contributed by atoms with E-state index in [0.717, 1.165) is 18.6 Å². The molecule has 0 aromatic heterocycles. The van der Waals surface area contributed by atoms with E-state index in [9.17, 15) is 0 Å². The van der Waals surface area contributed by atoms with Gasteiger partial charge in [0.15, 0.2) is 0 Å². The lowest BCUT2D eigenvalue weighted by molar-refractivity contribution is -0.0259. The average Bonchev–Trinajstić information content (AvgIpc) is 2.59. The van der Waals surface area contributed by atoms with Crippen LogP contribution in [0.25, 0.3) is 0 Å². The van der Waals surface area contributed by atoms with Crippen molar-refractivity contribution < 1.29 is 4.74 Å². The van der Waals surface area contributed by atoms with E-state index in [-0.39, 0.29) is 5.60 Å². The Kier molecular flexibility index (Phi) is 2.85. The first-order valence-corrected chi connectivity index (χ1v) is 5.94. The molecule has 0 amide bonds. The zero-order chi connectivity index (χ0) is 10.2. The van der Waals surface area contributed by atoms with Crippen LogP contribution in [0.1, 0.15) is 40.0 Å². The van der Waals surface area contributed by atoms with Gasteiger partial charge in [0, 0.05) is 6.04 Å². The molecule has 0 aromatic carbocycles. The van der Waals surface area contributed by atoms with Gasteiger partial charge in [0.1, 0.15) is 0 Å². The first-order chi connectivity index (χ1) is 6.56. The molecule has 2 saturated heterocycles. The summed E-state index contributed by atoms with van der Waals surface area (Å²) in [5, 5.41) is 0. The Morgan fingerprint density at radius 1 is 1.21 bits per heavy atom.